The molecule has 0 bridgehead atoms. The van der Waals surface area contributed by atoms with Crippen LogP contribution < -0.4 is 10.4 Å². The fraction of sp³-hybridized carbons (Fsp3) is 0.143. The molecule has 0 saturated carbocycles. The number of methoxy groups -OCH3 is 1. The predicted molar refractivity (Wildman–Crippen MR) is 109 cm³/mol. The van der Waals surface area contributed by atoms with Crippen LogP contribution in [0.4, 0.5) is 5.69 Å². The highest BCUT2D eigenvalue weighted by Gasteiger charge is 2.12. The number of aryl methyl sites for hydroxylation is 1. The maximum Gasteiger partial charge on any atom is 0.348 e. The summed E-state index contributed by atoms with van der Waals surface area (Å²) >= 11 is 1.04. The topological polar surface area (TPSA) is 98.0 Å². The number of esters is 1. The normalized spacial score (nSPS) is 11.3. The Morgan fingerprint density at radius 3 is 2.41 bits per heavy atom. The van der Waals surface area contributed by atoms with E-state index in [0.29, 0.717) is 23.5 Å². The fourth-order valence-corrected chi connectivity index (χ4v) is 3.60. The maximum absolute atomic E-state index is 12.7. The molecule has 3 aromatic rings. The van der Waals surface area contributed by atoms with Gasteiger partial charge in [0.25, 0.3) is 5.56 Å². The molecule has 0 aliphatic rings. The van der Waals surface area contributed by atoms with Crippen LogP contribution >= 0.6 is 11.3 Å². The minimum Gasteiger partial charge on any atom is -0.478 e. The number of carbonyl (C=O) groups excluding carboxylic acids is 1. The fourth-order valence-electron chi connectivity index (χ4n) is 2.63. The Morgan fingerprint density at radius 2 is 1.79 bits per heavy atom. The highest BCUT2D eigenvalue weighted by molar-refractivity contribution is 7.11. The van der Waals surface area contributed by atoms with Crippen molar-refractivity contribution in [3.8, 4) is 0 Å². The molecular weight excluding hydrogens is 392 g/mol. The molecular formula is C21H18N2O5S. The number of aromatic nitrogens is 1. The molecule has 1 N–H and O–H groups in total. The van der Waals surface area contributed by atoms with E-state index in [2.05, 4.69) is 4.99 Å². The number of hydrogen-bond donors (Lipinski definition) is 1. The number of nitrogens with zero attached hydrogens (tertiary/aromatic N) is 2. The molecule has 0 atom stereocenters. The molecule has 0 saturated heterocycles. The van der Waals surface area contributed by atoms with Crippen LogP contribution in [0.1, 0.15) is 25.6 Å². The third-order valence-electron chi connectivity index (χ3n) is 4.15. The molecule has 0 radical (unpaired) electrons. The van der Waals surface area contributed by atoms with E-state index in [1.54, 1.807) is 12.1 Å². The van der Waals surface area contributed by atoms with E-state index in [1.807, 2.05) is 30.3 Å². The Kier molecular flexibility index (Phi) is 6.36. The number of aromatic carboxylic acids is 1. The largest absolute Gasteiger partial charge is 0.478 e. The number of benzene rings is 2. The molecule has 3 rings (SSSR count). The van der Waals surface area contributed by atoms with Gasteiger partial charge in [0, 0.05) is 12.6 Å². The van der Waals surface area contributed by atoms with Gasteiger partial charge in [-0.2, -0.15) is 0 Å². The van der Waals surface area contributed by atoms with E-state index in [9.17, 15) is 14.4 Å². The van der Waals surface area contributed by atoms with Gasteiger partial charge in [-0.3, -0.25) is 9.36 Å². The quantitative estimate of drug-likeness (QED) is 0.630. The van der Waals surface area contributed by atoms with Crippen LogP contribution in [-0.2, 0) is 17.7 Å². The zero-order valence-electron chi connectivity index (χ0n) is 15.6. The summed E-state index contributed by atoms with van der Waals surface area (Å²) in [6.07, 6.45) is 0.617. The Balaban J connectivity index is 2.05. The number of hydrogen-bond acceptors (Lipinski definition) is 6. The zero-order valence-corrected chi connectivity index (χ0v) is 16.4. The van der Waals surface area contributed by atoms with Crippen LogP contribution in [0.2, 0.25) is 0 Å². The van der Waals surface area contributed by atoms with Crippen molar-refractivity contribution >= 4 is 29.0 Å². The molecule has 2 aromatic carbocycles. The Labute approximate surface area is 170 Å². The average molecular weight is 410 g/mol. The summed E-state index contributed by atoms with van der Waals surface area (Å²) in [7, 11) is 1.25. The molecule has 29 heavy (non-hydrogen) atoms. The second kappa shape index (κ2) is 9.11. The van der Waals surface area contributed by atoms with Crippen molar-refractivity contribution < 1.29 is 19.4 Å². The number of carboxylic acids is 1. The van der Waals surface area contributed by atoms with E-state index in [4.69, 9.17) is 9.84 Å². The van der Waals surface area contributed by atoms with Gasteiger partial charge >= 0.3 is 11.9 Å². The van der Waals surface area contributed by atoms with Crippen LogP contribution in [0.5, 0.6) is 0 Å². The molecule has 1 aromatic heterocycles. The third kappa shape index (κ3) is 5.05. The maximum atomic E-state index is 12.7. The molecule has 8 heteroatoms. The SMILES string of the molecule is COC(=O)c1cc(=O)n(CCc2ccccc2)c(=Nc2ccc(C(=O)O)cc2)s1. The van der Waals surface area contributed by atoms with Gasteiger partial charge in [0.05, 0.1) is 18.4 Å². The Hall–Kier alpha value is -3.52. The number of rotatable bonds is 6. The van der Waals surface area contributed by atoms with E-state index in [0.717, 1.165) is 16.9 Å². The van der Waals surface area contributed by atoms with Gasteiger partial charge in [-0.15, -0.1) is 0 Å². The van der Waals surface area contributed by atoms with Crippen molar-refractivity contribution in [2.24, 2.45) is 4.99 Å². The van der Waals surface area contributed by atoms with Crippen LogP contribution in [0.25, 0.3) is 0 Å². The predicted octanol–water partition coefficient (Wildman–Crippen LogP) is 2.87. The molecule has 0 amide bonds. The molecule has 0 spiro atoms. The van der Waals surface area contributed by atoms with E-state index >= 15 is 0 Å². The van der Waals surface area contributed by atoms with E-state index in [-0.39, 0.29) is 16.0 Å². The highest BCUT2D eigenvalue weighted by Crippen LogP contribution is 2.13. The minimum atomic E-state index is -1.04. The van der Waals surface area contributed by atoms with Crippen molar-refractivity contribution in [2.75, 3.05) is 7.11 Å². The van der Waals surface area contributed by atoms with Gasteiger partial charge in [-0.05, 0) is 36.2 Å². The monoisotopic (exact) mass is 410 g/mol. The molecule has 0 unspecified atom stereocenters. The van der Waals surface area contributed by atoms with Gasteiger partial charge in [-0.1, -0.05) is 41.7 Å². The standard InChI is InChI=1S/C21H18N2O5S/c1-28-20(27)17-13-18(24)23(12-11-14-5-3-2-4-6-14)21(29-17)22-16-9-7-15(8-10-16)19(25)26/h2-10,13H,11-12H2,1H3,(H,25,26). The van der Waals surface area contributed by atoms with Crippen LogP contribution in [-0.4, -0.2) is 28.7 Å². The van der Waals surface area contributed by atoms with Crippen molar-refractivity contribution in [1.82, 2.24) is 4.57 Å². The van der Waals surface area contributed by atoms with Crippen molar-refractivity contribution in [3.05, 3.63) is 91.8 Å². The van der Waals surface area contributed by atoms with Crippen molar-refractivity contribution in [1.29, 1.82) is 0 Å². The van der Waals surface area contributed by atoms with Gasteiger partial charge in [0.1, 0.15) is 4.88 Å². The van der Waals surface area contributed by atoms with Gasteiger partial charge < -0.3 is 9.84 Å². The smallest absolute Gasteiger partial charge is 0.348 e. The summed E-state index contributed by atoms with van der Waals surface area (Å²) in [5.41, 5.74) is 1.32. The second-order valence-corrected chi connectivity index (χ2v) is 7.08. The van der Waals surface area contributed by atoms with Crippen molar-refractivity contribution in [3.63, 3.8) is 0 Å². The lowest BCUT2D eigenvalue weighted by molar-refractivity contribution is 0.0604. The van der Waals surface area contributed by atoms with Gasteiger partial charge in [0.15, 0.2) is 4.80 Å². The van der Waals surface area contributed by atoms with Gasteiger partial charge in [0.2, 0.25) is 0 Å². The molecule has 0 aliphatic heterocycles. The number of carboxylic acid groups (broad SMARTS) is 1. The molecule has 148 valence electrons. The average Bonchev–Trinajstić information content (AvgIpc) is 2.73. The lowest BCUT2D eigenvalue weighted by atomic mass is 10.1. The summed E-state index contributed by atoms with van der Waals surface area (Å²) in [6, 6.07) is 16.9. The Bertz CT molecular complexity index is 1150. The summed E-state index contributed by atoms with van der Waals surface area (Å²) in [5, 5.41) is 9.02. The number of carbonyl (C=O) groups is 2. The first-order valence-corrected chi connectivity index (χ1v) is 9.55. The molecule has 0 aliphatic carbocycles. The summed E-state index contributed by atoms with van der Waals surface area (Å²) < 4.78 is 6.22. The van der Waals surface area contributed by atoms with Crippen LogP contribution in [0.15, 0.2) is 70.5 Å². The van der Waals surface area contributed by atoms with E-state index in [1.165, 1.54) is 29.9 Å². The van der Waals surface area contributed by atoms with E-state index < -0.39 is 11.9 Å². The second-order valence-electron chi connectivity index (χ2n) is 6.07. The summed E-state index contributed by atoms with van der Waals surface area (Å²) in [4.78, 5) is 40.5. The first-order valence-electron chi connectivity index (χ1n) is 8.73. The molecule has 7 nitrogen and oxygen atoms in total. The van der Waals surface area contributed by atoms with Crippen LogP contribution in [0, 0.1) is 0 Å². The Morgan fingerprint density at radius 1 is 1.10 bits per heavy atom. The number of ether oxygens (including phenoxy) is 1. The lowest BCUT2D eigenvalue weighted by Gasteiger charge is -2.08. The molecule has 1 heterocycles. The minimum absolute atomic E-state index is 0.136. The highest BCUT2D eigenvalue weighted by atomic mass is 32.1. The summed E-state index contributed by atoms with van der Waals surface area (Å²) in [6.45, 7) is 0.382. The lowest BCUT2D eigenvalue weighted by Crippen LogP contribution is -2.33. The summed E-state index contributed by atoms with van der Waals surface area (Å²) in [5.74, 6) is -1.65. The first-order chi connectivity index (χ1) is 14.0. The van der Waals surface area contributed by atoms with Crippen LogP contribution in [0.3, 0.4) is 0 Å². The zero-order chi connectivity index (χ0) is 20.8. The van der Waals surface area contributed by atoms with Crippen molar-refractivity contribution in [2.45, 2.75) is 13.0 Å². The third-order valence-corrected chi connectivity index (χ3v) is 5.14. The van der Waals surface area contributed by atoms with Gasteiger partial charge in [-0.25, -0.2) is 14.6 Å². The first kappa shape index (κ1) is 20.2. The molecule has 0 fully saturated rings.